The fourth-order valence-electron chi connectivity index (χ4n) is 2.86. The highest BCUT2D eigenvalue weighted by atomic mass is 32.2. The van der Waals surface area contributed by atoms with Gasteiger partial charge in [-0.25, -0.2) is 26.7 Å². The maximum absolute atomic E-state index is 12.4. The van der Waals surface area contributed by atoms with Crippen LogP contribution in [-0.2, 0) is 20.0 Å². The number of piperidine rings is 1. The van der Waals surface area contributed by atoms with Crippen LogP contribution >= 0.6 is 0 Å². The van der Waals surface area contributed by atoms with Crippen LogP contribution in [0.2, 0.25) is 0 Å². The molecule has 0 bridgehead atoms. The highest BCUT2D eigenvalue weighted by molar-refractivity contribution is 7.90. The molecular formula is C15H25N3O4S2. The zero-order valence-electron chi connectivity index (χ0n) is 13.8. The Hall–Kier alpha value is -1.00. The number of nitrogens with two attached hydrogens (primary N) is 1. The van der Waals surface area contributed by atoms with Crippen molar-refractivity contribution in [1.29, 1.82) is 0 Å². The first-order chi connectivity index (χ1) is 11.2. The molecule has 1 aliphatic heterocycles. The zero-order chi connectivity index (χ0) is 17.8. The number of likely N-dealkylation sites (tertiary alicyclic amines) is 1. The second-order valence-electron chi connectivity index (χ2n) is 6.16. The van der Waals surface area contributed by atoms with E-state index >= 15 is 0 Å². The lowest BCUT2D eigenvalue weighted by Gasteiger charge is -2.31. The summed E-state index contributed by atoms with van der Waals surface area (Å²) in [5, 5.41) is 5.05. The third-order valence-corrected chi connectivity index (χ3v) is 6.59. The monoisotopic (exact) mass is 375 g/mol. The summed E-state index contributed by atoms with van der Waals surface area (Å²) in [5.41, 5.74) is 0. The van der Waals surface area contributed by atoms with Gasteiger partial charge >= 0.3 is 0 Å². The SMILES string of the molecule is CCCN1CCC(CNS(=O)(=O)c2cccc(S(N)(=O)=O)c2)CC1. The van der Waals surface area contributed by atoms with Crippen LogP contribution in [0.15, 0.2) is 34.1 Å². The lowest BCUT2D eigenvalue weighted by molar-refractivity contribution is 0.186. The molecule has 1 aromatic rings. The standard InChI is InChI=1S/C15H25N3O4S2/c1-2-8-18-9-6-13(7-10-18)12-17-24(21,22)15-5-3-4-14(11-15)23(16,19)20/h3-5,11,13,17H,2,6-10,12H2,1H3,(H2,16,19,20). The smallest absolute Gasteiger partial charge is 0.240 e. The van der Waals surface area contributed by atoms with E-state index in [0.717, 1.165) is 45.0 Å². The Kier molecular flexibility index (Phi) is 6.38. The van der Waals surface area contributed by atoms with Crippen molar-refractivity contribution in [3.63, 3.8) is 0 Å². The molecule has 2 rings (SSSR count). The fraction of sp³-hybridized carbons (Fsp3) is 0.600. The minimum absolute atomic E-state index is 0.0857. The Bertz CT molecular complexity index is 755. The van der Waals surface area contributed by atoms with Crippen molar-refractivity contribution < 1.29 is 16.8 Å². The molecule has 7 nitrogen and oxygen atoms in total. The number of sulfonamides is 2. The Morgan fingerprint density at radius 3 is 2.38 bits per heavy atom. The van der Waals surface area contributed by atoms with Crippen LogP contribution in [0.5, 0.6) is 0 Å². The van der Waals surface area contributed by atoms with Crippen molar-refractivity contribution in [2.24, 2.45) is 11.1 Å². The molecule has 0 amide bonds. The van der Waals surface area contributed by atoms with Gasteiger partial charge in [0.25, 0.3) is 0 Å². The molecular weight excluding hydrogens is 350 g/mol. The van der Waals surface area contributed by atoms with Gasteiger partial charge in [0.1, 0.15) is 0 Å². The molecule has 0 radical (unpaired) electrons. The summed E-state index contributed by atoms with van der Waals surface area (Å²) in [4.78, 5) is 2.09. The van der Waals surface area contributed by atoms with Crippen molar-refractivity contribution in [1.82, 2.24) is 9.62 Å². The topological polar surface area (TPSA) is 110 Å². The molecule has 3 N–H and O–H groups in total. The van der Waals surface area contributed by atoms with Crippen LogP contribution in [0.3, 0.4) is 0 Å². The second kappa shape index (κ2) is 7.92. The van der Waals surface area contributed by atoms with Crippen LogP contribution in [0, 0.1) is 5.92 Å². The zero-order valence-corrected chi connectivity index (χ0v) is 15.4. The van der Waals surface area contributed by atoms with Crippen LogP contribution in [-0.4, -0.2) is 47.9 Å². The fourth-order valence-corrected chi connectivity index (χ4v) is 4.66. The molecule has 24 heavy (non-hydrogen) atoms. The molecule has 0 unspecified atom stereocenters. The highest BCUT2D eigenvalue weighted by Gasteiger charge is 2.22. The Morgan fingerprint density at radius 1 is 1.17 bits per heavy atom. The molecule has 0 atom stereocenters. The Morgan fingerprint density at radius 2 is 1.79 bits per heavy atom. The summed E-state index contributed by atoms with van der Waals surface area (Å²) >= 11 is 0. The number of hydrogen-bond acceptors (Lipinski definition) is 5. The Balaban J connectivity index is 1.97. The summed E-state index contributed by atoms with van der Waals surface area (Å²) in [6.45, 7) is 5.57. The van der Waals surface area contributed by atoms with Crippen LogP contribution in [0.25, 0.3) is 0 Å². The predicted octanol–water partition coefficient (Wildman–Crippen LogP) is 0.734. The summed E-state index contributed by atoms with van der Waals surface area (Å²) in [6, 6.07) is 5.09. The minimum Gasteiger partial charge on any atom is -0.303 e. The van der Waals surface area contributed by atoms with Gasteiger partial charge in [-0.15, -0.1) is 0 Å². The van der Waals surface area contributed by atoms with E-state index in [-0.39, 0.29) is 9.79 Å². The Labute approximate surface area is 144 Å². The van der Waals surface area contributed by atoms with Crippen molar-refractivity contribution in [2.45, 2.75) is 36.0 Å². The van der Waals surface area contributed by atoms with Crippen LogP contribution in [0.1, 0.15) is 26.2 Å². The van der Waals surface area contributed by atoms with Gasteiger partial charge in [-0.3, -0.25) is 0 Å². The summed E-state index contributed by atoms with van der Waals surface area (Å²) < 4.78 is 50.0. The van der Waals surface area contributed by atoms with Crippen molar-refractivity contribution >= 4 is 20.0 Å². The van der Waals surface area contributed by atoms with Gasteiger partial charge in [-0.2, -0.15) is 0 Å². The first-order valence-corrected chi connectivity index (χ1v) is 11.1. The average Bonchev–Trinajstić information content (AvgIpc) is 2.54. The largest absolute Gasteiger partial charge is 0.303 e. The van der Waals surface area contributed by atoms with Crippen molar-refractivity contribution in [2.75, 3.05) is 26.2 Å². The summed E-state index contributed by atoms with van der Waals surface area (Å²) in [5.74, 6) is 0.300. The molecule has 136 valence electrons. The molecule has 1 heterocycles. The summed E-state index contributed by atoms with van der Waals surface area (Å²) in [6.07, 6.45) is 3.04. The maximum atomic E-state index is 12.4. The number of hydrogen-bond donors (Lipinski definition) is 2. The van der Waals surface area contributed by atoms with E-state index in [1.807, 2.05) is 0 Å². The first-order valence-electron chi connectivity index (χ1n) is 8.07. The van der Waals surface area contributed by atoms with E-state index in [1.54, 1.807) is 0 Å². The quantitative estimate of drug-likeness (QED) is 0.730. The molecule has 0 saturated carbocycles. The van der Waals surface area contributed by atoms with E-state index in [2.05, 4.69) is 16.5 Å². The van der Waals surface area contributed by atoms with Gasteiger partial charge in [0.05, 0.1) is 9.79 Å². The number of nitrogens with one attached hydrogen (secondary N) is 1. The summed E-state index contributed by atoms with van der Waals surface area (Å²) in [7, 11) is -7.68. The van der Waals surface area contributed by atoms with Crippen molar-refractivity contribution in [3.8, 4) is 0 Å². The molecule has 1 aliphatic rings. The van der Waals surface area contributed by atoms with E-state index in [4.69, 9.17) is 5.14 Å². The van der Waals surface area contributed by atoms with Gasteiger partial charge in [0.15, 0.2) is 0 Å². The maximum Gasteiger partial charge on any atom is 0.240 e. The molecule has 0 aromatic heterocycles. The molecule has 1 aromatic carbocycles. The molecule has 9 heteroatoms. The lowest BCUT2D eigenvalue weighted by atomic mass is 9.97. The predicted molar refractivity (Wildman–Crippen MR) is 92.5 cm³/mol. The second-order valence-corrected chi connectivity index (χ2v) is 9.49. The number of rotatable bonds is 7. The average molecular weight is 376 g/mol. The van der Waals surface area contributed by atoms with Gasteiger partial charge < -0.3 is 4.90 Å². The van der Waals surface area contributed by atoms with E-state index < -0.39 is 20.0 Å². The van der Waals surface area contributed by atoms with E-state index in [9.17, 15) is 16.8 Å². The van der Waals surface area contributed by atoms with Crippen LogP contribution < -0.4 is 9.86 Å². The van der Waals surface area contributed by atoms with Crippen LogP contribution in [0.4, 0.5) is 0 Å². The number of primary sulfonamides is 1. The van der Waals surface area contributed by atoms with E-state index in [1.165, 1.54) is 18.2 Å². The van der Waals surface area contributed by atoms with E-state index in [0.29, 0.717) is 12.5 Å². The number of nitrogens with zero attached hydrogens (tertiary/aromatic N) is 1. The van der Waals surface area contributed by atoms with Crippen molar-refractivity contribution in [3.05, 3.63) is 24.3 Å². The highest BCUT2D eigenvalue weighted by Crippen LogP contribution is 2.18. The molecule has 1 fully saturated rings. The minimum atomic E-state index is -3.93. The van der Waals surface area contributed by atoms with Gasteiger partial charge in [-0.1, -0.05) is 13.0 Å². The molecule has 1 saturated heterocycles. The van der Waals surface area contributed by atoms with Gasteiger partial charge in [-0.05, 0) is 63.0 Å². The van der Waals surface area contributed by atoms with Gasteiger partial charge in [0.2, 0.25) is 20.0 Å². The molecule has 0 aliphatic carbocycles. The normalized spacial score (nSPS) is 17.9. The van der Waals surface area contributed by atoms with Gasteiger partial charge in [0, 0.05) is 6.54 Å². The number of benzene rings is 1. The first kappa shape index (κ1) is 19.3. The lowest BCUT2D eigenvalue weighted by Crippen LogP contribution is -2.38. The third kappa shape index (κ3) is 5.25. The third-order valence-electron chi connectivity index (χ3n) is 4.25. The molecule has 0 spiro atoms.